The Morgan fingerprint density at radius 3 is 2.13 bits per heavy atom. The zero-order valence-electron chi connectivity index (χ0n) is 14.1. The van der Waals surface area contributed by atoms with Crippen LogP contribution in [0.2, 0.25) is 0 Å². The van der Waals surface area contributed by atoms with Crippen molar-refractivity contribution in [2.45, 2.75) is 50.4 Å². The third kappa shape index (κ3) is 2.84. The molecule has 1 heterocycles. The molecule has 1 aromatic rings. The van der Waals surface area contributed by atoms with Crippen LogP contribution in [-0.2, 0) is 13.9 Å². The molecule has 0 saturated carbocycles. The molecule has 1 aromatic carbocycles. The first-order chi connectivity index (χ1) is 10.8. The van der Waals surface area contributed by atoms with Crippen molar-refractivity contribution in [2.75, 3.05) is 0 Å². The van der Waals surface area contributed by atoms with Crippen LogP contribution in [0.4, 0.5) is 0 Å². The van der Waals surface area contributed by atoms with Crippen LogP contribution in [0.1, 0.15) is 39.7 Å². The Hall–Kier alpha value is -1.22. The fourth-order valence-electron chi connectivity index (χ4n) is 2.82. The van der Waals surface area contributed by atoms with Gasteiger partial charge in [0.05, 0.1) is 11.2 Å². The first-order valence-electron chi connectivity index (χ1n) is 7.95. The van der Waals surface area contributed by atoms with Crippen molar-refractivity contribution in [1.29, 1.82) is 0 Å². The summed E-state index contributed by atoms with van der Waals surface area (Å²) in [6.45, 7) is 8.06. The zero-order chi connectivity index (χ0) is 16.7. The summed E-state index contributed by atoms with van der Waals surface area (Å²) in [6.07, 6.45) is 6.74. The van der Waals surface area contributed by atoms with Gasteiger partial charge in [0.15, 0.2) is 8.46 Å². The molecule has 1 unspecified atom stereocenters. The van der Waals surface area contributed by atoms with Crippen LogP contribution in [0.5, 0.6) is 0 Å². The second-order valence-corrected chi connectivity index (χ2v) is 8.25. The maximum Gasteiger partial charge on any atom is 0.481 e. The Labute approximate surface area is 140 Å². The quantitative estimate of drug-likeness (QED) is 0.596. The van der Waals surface area contributed by atoms with E-state index in [1.54, 1.807) is 0 Å². The summed E-state index contributed by atoms with van der Waals surface area (Å²) in [5.41, 5.74) is 1.45. The van der Waals surface area contributed by atoms with Gasteiger partial charge < -0.3 is 9.31 Å². The standard InChI is InChI=1S/C18H22BO3P/c1-16(2)17(3,4)22-19(21-16)18(23-20)12-10-15(11-13-18)14-8-6-5-7-9-14/h5-12H,13H2,1-4H3. The van der Waals surface area contributed by atoms with Gasteiger partial charge >= 0.3 is 7.12 Å². The first kappa shape index (κ1) is 16.6. The van der Waals surface area contributed by atoms with Crippen LogP contribution in [0, 0.1) is 0 Å². The van der Waals surface area contributed by atoms with Gasteiger partial charge in [-0.05, 0) is 45.3 Å². The molecule has 3 rings (SSSR count). The van der Waals surface area contributed by atoms with E-state index < -0.39 is 23.4 Å². The Morgan fingerprint density at radius 2 is 1.65 bits per heavy atom. The van der Waals surface area contributed by atoms with E-state index in [0.29, 0.717) is 6.42 Å². The fraction of sp³-hybridized carbons (Fsp3) is 0.444. The molecule has 1 atom stereocenters. The van der Waals surface area contributed by atoms with Gasteiger partial charge in [-0.2, -0.15) is 0 Å². The molecular formula is C18H22BO3P. The van der Waals surface area contributed by atoms with Crippen LogP contribution >= 0.6 is 8.46 Å². The van der Waals surface area contributed by atoms with E-state index in [4.69, 9.17) is 9.31 Å². The van der Waals surface area contributed by atoms with E-state index >= 15 is 0 Å². The summed E-state index contributed by atoms with van der Waals surface area (Å²) >= 11 is 0. The number of hydrogen-bond donors (Lipinski definition) is 0. The number of hydrogen-bond acceptors (Lipinski definition) is 3. The van der Waals surface area contributed by atoms with Gasteiger partial charge in [-0.3, -0.25) is 4.57 Å². The predicted molar refractivity (Wildman–Crippen MR) is 94.6 cm³/mol. The maximum atomic E-state index is 12.0. The number of allylic oxidation sites excluding steroid dienone is 4. The lowest BCUT2D eigenvalue weighted by Gasteiger charge is -2.32. The number of rotatable bonds is 3. The van der Waals surface area contributed by atoms with E-state index in [1.165, 1.54) is 0 Å². The summed E-state index contributed by atoms with van der Waals surface area (Å²) in [5, 5.41) is -0.663. The molecule has 1 fully saturated rings. The van der Waals surface area contributed by atoms with E-state index in [2.05, 4.69) is 18.2 Å². The molecule has 1 aliphatic heterocycles. The van der Waals surface area contributed by atoms with E-state index in [9.17, 15) is 4.57 Å². The van der Waals surface area contributed by atoms with Crippen molar-refractivity contribution in [3.63, 3.8) is 0 Å². The average Bonchev–Trinajstić information content (AvgIpc) is 2.77. The lowest BCUT2D eigenvalue weighted by Crippen LogP contribution is -2.43. The molecule has 0 N–H and O–H groups in total. The minimum Gasteiger partial charge on any atom is -0.402 e. The normalized spacial score (nSPS) is 28.9. The smallest absolute Gasteiger partial charge is 0.402 e. The van der Waals surface area contributed by atoms with Crippen LogP contribution in [0.3, 0.4) is 0 Å². The van der Waals surface area contributed by atoms with Crippen LogP contribution in [0.15, 0.2) is 48.6 Å². The molecule has 0 radical (unpaired) electrons. The molecule has 5 heteroatoms. The van der Waals surface area contributed by atoms with Crippen molar-refractivity contribution in [3.8, 4) is 0 Å². The average molecular weight is 328 g/mol. The molecule has 2 aliphatic rings. The third-order valence-corrected chi connectivity index (χ3v) is 6.02. The van der Waals surface area contributed by atoms with Gasteiger partial charge in [-0.25, -0.2) is 0 Å². The largest absolute Gasteiger partial charge is 0.481 e. The van der Waals surface area contributed by atoms with E-state index in [0.717, 1.165) is 11.1 Å². The summed E-state index contributed by atoms with van der Waals surface area (Å²) in [7, 11) is -0.499. The molecule has 1 aliphatic carbocycles. The summed E-state index contributed by atoms with van der Waals surface area (Å²) in [4.78, 5) is 0. The topological polar surface area (TPSA) is 35.5 Å². The second kappa shape index (κ2) is 5.70. The Morgan fingerprint density at radius 1 is 1.04 bits per heavy atom. The van der Waals surface area contributed by atoms with Crippen molar-refractivity contribution in [1.82, 2.24) is 0 Å². The lowest BCUT2D eigenvalue weighted by atomic mass is 9.66. The van der Waals surface area contributed by atoms with Crippen molar-refractivity contribution < 1.29 is 13.9 Å². The van der Waals surface area contributed by atoms with Crippen LogP contribution in [-0.4, -0.2) is 23.4 Å². The molecule has 0 aromatic heterocycles. The minimum atomic E-state index is -0.663. The zero-order valence-corrected chi connectivity index (χ0v) is 15.0. The maximum absolute atomic E-state index is 12.0. The van der Waals surface area contributed by atoms with E-state index in [-0.39, 0.29) is 8.46 Å². The second-order valence-electron chi connectivity index (χ2n) is 7.23. The Balaban J connectivity index is 1.85. The highest BCUT2D eigenvalue weighted by Crippen LogP contribution is 2.46. The fourth-order valence-corrected chi connectivity index (χ4v) is 3.31. The highest BCUT2D eigenvalue weighted by Gasteiger charge is 2.59. The molecule has 0 amide bonds. The number of benzene rings is 1. The summed E-state index contributed by atoms with van der Waals surface area (Å²) in [5.74, 6) is 0. The van der Waals surface area contributed by atoms with Crippen molar-refractivity contribution >= 4 is 21.2 Å². The van der Waals surface area contributed by atoms with Crippen LogP contribution < -0.4 is 0 Å². The molecule has 3 nitrogen and oxygen atoms in total. The highest BCUT2D eigenvalue weighted by atomic mass is 31.1. The lowest BCUT2D eigenvalue weighted by molar-refractivity contribution is 0.00578. The van der Waals surface area contributed by atoms with Gasteiger partial charge in [-0.1, -0.05) is 48.6 Å². The third-order valence-electron chi connectivity index (χ3n) is 5.14. The van der Waals surface area contributed by atoms with Gasteiger partial charge in [0, 0.05) is 0 Å². The SMILES string of the molecule is CC1(C)OB(C2(P=O)C=CC(c3ccccc3)=CC2)OC1(C)C. The molecule has 1 saturated heterocycles. The monoisotopic (exact) mass is 328 g/mol. The molecular weight excluding hydrogens is 306 g/mol. The Bertz CT molecular complexity index is 650. The van der Waals surface area contributed by atoms with Gasteiger partial charge in [0.2, 0.25) is 0 Å². The van der Waals surface area contributed by atoms with E-state index in [1.807, 2.05) is 58.0 Å². The molecule has 0 bridgehead atoms. The minimum absolute atomic E-state index is 0.0185. The first-order valence-corrected chi connectivity index (χ1v) is 8.76. The van der Waals surface area contributed by atoms with Crippen LogP contribution in [0.25, 0.3) is 5.57 Å². The van der Waals surface area contributed by atoms with Crippen molar-refractivity contribution in [2.24, 2.45) is 0 Å². The van der Waals surface area contributed by atoms with Gasteiger partial charge in [-0.15, -0.1) is 0 Å². The van der Waals surface area contributed by atoms with Crippen molar-refractivity contribution in [3.05, 3.63) is 54.1 Å². The summed E-state index contributed by atoms with van der Waals surface area (Å²) < 4.78 is 24.2. The predicted octanol–water partition coefficient (Wildman–Crippen LogP) is 4.69. The Kier molecular flexibility index (Phi) is 4.12. The van der Waals surface area contributed by atoms with Gasteiger partial charge in [0.25, 0.3) is 0 Å². The summed E-state index contributed by atoms with van der Waals surface area (Å²) in [6, 6.07) is 10.2. The van der Waals surface area contributed by atoms with Gasteiger partial charge in [0.1, 0.15) is 5.06 Å². The molecule has 0 spiro atoms. The highest BCUT2D eigenvalue weighted by molar-refractivity contribution is 7.30. The molecule has 120 valence electrons. The molecule has 23 heavy (non-hydrogen) atoms.